The third-order valence-corrected chi connectivity index (χ3v) is 4.01. The first-order valence-corrected chi connectivity index (χ1v) is 7.90. The van der Waals surface area contributed by atoms with Crippen molar-refractivity contribution in [1.29, 1.82) is 0 Å². The third kappa shape index (κ3) is 6.92. The molecule has 1 fully saturated rings. The number of nitrogens with zero attached hydrogens (tertiary/aromatic N) is 1. The zero-order valence-corrected chi connectivity index (χ0v) is 12.9. The van der Waals surface area contributed by atoms with Gasteiger partial charge in [0.1, 0.15) is 0 Å². The van der Waals surface area contributed by atoms with Crippen molar-refractivity contribution >= 4 is 5.91 Å². The summed E-state index contributed by atoms with van der Waals surface area (Å²) in [4.78, 5) is 14.0. The predicted octanol–water partition coefficient (Wildman–Crippen LogP) is 1.76. The van der Waals surface area contributed by atoms with Crippen molar-refractivity contribution in [3.05, 3.63) is 0 Å². The van der Waals surface area contributed by atoms with Gasteiger partial charge in [-0.3, -0.25) is 4.79 Å². The molecule has 2 N–H and O–H groups in total. The summed E-state index contributed by atoms with van der Waals surface area (Å²) in [6.07, 6.45) is 5.26. The Hall–Kier alpha value is -0.610. The van der Waals surface area contributed by atoms with E-state index in [2.05, 4.69) is 36.3 Å². The molecule has 112 valence electrons. The average Bonchev–Trinajstić information content (AvgIpc) is 2.59. The highest BCUT2D eigenvalue weighted by molar-refractivity contribution is 5.76. The second kappa shape index (κ2) is 9.32. The highest BCUT2D eigenvalue weighted by atomic mass is 16.1. The number of hydrogen-bond acceptors (Lipinski definition) is 3. The van der Waals surface area contributed by atoms with Crippen molar-refractivity contribution in [2.45, 2.75) is 65.0 Å². The standard InChI is InChI=1S/C15H31N3O/c1-4-18(5-2)11-7-8-13(3)17-14-9-6-10-16-15(19)12-14/h13-14,17H,4-12H2,1-3H3,(H,16,19). The van der Waals surface area contributed by atoms with Crippen LogP contribution < -0.4 is 10.6 Å². The minimum absolute atomic E-state index is 0.199. The summed E-state index contributed by atoms with van der Waals surface area (Å²) in [5.74, 6) is 0.199. The van der Waals surface area contributed by atoms with Crippen molar-refractivity contribution in [2.75, 3.05) is 26.2 Å². The van der Waals surface area contributed by atoms with Gasteiger partial charge >= 0.3 is 0 Å². The maximum atomic E-state index is 11.5. The van der Waals surface area contributed by atoms with E-state index in [0.717, 1.165) is 32.5 Å². The minimum atomic E-state index is 0.199. The van der Waals surface area contributed by atoms with Gasteiger partial charge in [0.05, 0.1) is 0 Å². The topological polar surface area (TPSA) is 44.4 Å². The van der Waals surface area contributed by atoms with Crippen molar-refractivity contribution in [3.8, 4) is 0 Å². The maximum absolute atomic E-state index is 11.5. The summed E-state index contributed by atoms with van der Waals surface area (Å²) in [5.41, 5.74) is 0. The van der Waals surface area contributed by atoms with E-state index in [0.29, 0.717) is 18.5 Å². The van der Waals surface area contributed by atoms with Crippen molar-refractivity contribution < 1.29 is 4.79 Å². The van der Waals surface area contributed by atoms with Crippen LogP contribution in [0.15, 0.2) is 0 Å². The van der Waals surface area contributed by atoms with Gasteiger partial charge in [-0.05, 0) is 52.2 Å². The smallest absolute Gasteiger partial charge is 0.221 e. The first kappa shape index (κ1) is 16.4. The molecule has 2 unspecified atom stereocenters. The molecule has 1 rings (SSSR count). The predicted molar refractivity (Wildman–Crippen MR) is 80.3 cm³/mol. The molecule has 2 atom stereocenters. The Bertz CT molecular complexity index is 254. The zero-order valence-electron chi connectivity index (χ0n) is 12.9. The Kier molecular flexibility index (Phi) is 8.07. The molecular formula is C15H31N3O. The van der Waals surface area contributed by atoms with Crippen LogP contribution >= 0.6 is 0 Å². The van der Waals surface area contributed by atoms with Gasteiger partial charge in [-0.1, -0.05) is 13.8 Å². The van der Waals surface area contributed by atoms with Gasteiger partial charge in [0.15, 0.2) is 0 Å². The Morgan fingerprint density at radius 3 is 2.84 bits per heavy atom. The van der Waals surface area contributed by atoms with Crippen LogP contribution in [-0.2, 0) is 4.79 Å². The van der Waals surface area contributed by atoms with E-state index in [9.17, 15) is 4.79 Å². The molecule has 4 nitrogen and oxygen atoms in total. The molecule has 0 saturated carbocycles. The van der Waals surface area contributed by atoms with E-state index in [1.807, 2.05) is 0 Å². The maximum Gasteiger partial charge on any atom is 0.221 e. The lowest BCUT2D eigenvalue weighted by Gasteiger charge is -2.23. The lowest BCUT2D eigenvalue weighted by molar-refractivity contribution is -0.121. The number of carbonyl (C=O) groups is 1. The SMILES string of the molecule is CCN(CC)CCCC(C)NC1CCCNC(=O)C1. The largest absolute Gasteiger partial charge is 0.356 e. The van der Waals surface area contributed by atoms with Crippen LogP contribution in [0.1, 0.15) is 52.9 Å². The van der Waals surface area contributed by atoms with Gasteiger partial charge in [0.25, 0.3) is 0 Å². The van der Waals surface area contributed by atoms with Crippen LogP contribution in [0.5, 0.6) is 0 Å². The molecule has 0 spiro atoms. The first-order chi connectivity index (χ1) is 9.15. The van der Waals surface area contributed by atoms with Gasteiger partial charge in [0, 0.05) is 25.0 Å². The first-order valence-electron chi connectivity index (χ1n) is 7.90. The van der Waals surface area contributed by atoms with Crippen LogP contribution in [0.4, 0.5) is 0 Å². The van der Waals surface area contributed by atoms with Gasteiger partial charge < -0.3 is 15.5 Å². The molecule has 1 saturated heterocycles. The summed E-state index contributed by atoms with van der Waals surface area (Å²) in [6, 6.07) is 0.873. The lowest BCUT2D eigenvalue weighted by atomic mass is 10.1. The Morgan fingerprint density at radius 1 is 1.42 bits per heavy atom. The second-order valence-corrected chi connectivity index (χ2v) is 5.63. The number of rotatable bonds is 8. The van der Waals surface area contributed by atoms with Gasteiger partial charge in [-0.15, -0.1) is 0 Å². The van der Waals surface area contributed by atoms with Crippen LogP contribution in [0, 0.1) is 0 Å². The molecule has 1 aliphatic heterocycles. The Labute approximate surface area is 118 Å². The monoisotopic (exact) mass is 269 g/mol. The highest BCUT2D eigenvalue weighted by Crippen LogP contribution is 2.09. The van der Waals surface area contributed by atoms with Crippen LogP contribution in [0.25, 0.3) is 0 Å². The molecule has 0 aromatic heterocycles. The van der Waals surface area contributed by atoms with Gasteiger partial charge in [-0.25, -0.2) is 0 Å². The number of carbonyl (C=O) groups excluding carboxylic acids is 1. The summed E-state index contributed by atoms with van der Waals surface area (Å²) in [5, 5.41) is 6.56. The molecule has 4 heteroatoms. The molecule has 0 aromatic rings. The van der Waals surface area contributed by atoms with E-state index >= 15 is 0 Å². The third-order valence-electron chi connectivity index (χ3n) is 4.01. The second-order valence-electron chi connectivity index (χ2n) is 5.63. The van der Waals surface area contributed by atoms with E-state index in [4.69, 9.17) is 0 Å². The van der Waals surface area contributed by atoms with Crippen molar-refractivity contribution in [1.82, 2.24) is 15.5 Å². The molecule has 1 heterocycles. The fraction of sp³-hybridized carbons (Fsp3) is 0.933. The van der Waals surface area contributed by atoms with Gasteiger partial charge in [-0.2, -0.15) is 0 Å². The molecule has 1 aliphatic rings. The number of hydrogen-bond donors (Lipinski definition) is 2. The van der Waals surface area contributed by atoms with E-state index in [1.165, 1.54) is 19.4 Å². The number of nitrogens with one attached hydrogen (secondary N) is 2. The lowest BCUT2D eigenvalue weighted by Crippen LogP contribution is -2.38. The molecule has 1 amide bonds. The van der Waals surface area contributed by atoms with Crippen molar-refractivity contribution in [3.63, 3.8) is 0 Å². The molecule has 0 aliphatic carbocycles. The van der Waals surface area contributed by atoms with Gasteiger partial charge in [0.2, 0.25) is 5.91 Å². The minimum Gasteiger partial charge on any atom is -0.356 e. The molecule has 0 radical (unpaired) electrons. The highest BCUT2D eigenvalue weighted by Gasteiger charge is 2.18. The zero-order chi connectivity index (χ0) is 14.1. The fourth-order valence-corrected chi connectivity index (χ4v) is 2.76. The average molecular weight is 269 g/mol. The van der Waals surface area contributed by atoms with E-state index in [1.54, 1.807) is 0 Å². The summed E-state index contributed by atoms with van der Waals surface area (Å²) in [6.45, 7) is 11.0. The molecule has 0 bridgehead atoms. The summed E-state index contributed by atoms with van der Waals surface area (Å²) in [7, 11) is 0. The Balaban J connectivity index is 2.18. The van der Waals surface area contributed by atoms with E-state index in [-0.39, 0.29) is 5.91 Å². The van der Waals surface area contributed by atoms with Crippen LogP contribution in [0.2, 0.25) is 0 Å². The normalized spacial score (nSPS) is 22.1. The fourth-order valence-electron chi connectivity index (χ4n) is 2.76. The molecule has 0 aromatic carbocycles. The van der Waals surface area contributed by atoms with Crippen molar-refractivity contribution in [2.24, 2.45) is 0 Å². The quantitative estimate of drug-likeness (QED) is 0.706. The summed E-state index contributed by atoms with van der Waals surface area (Å²) >= 11 is 0. The Morgan fingerprint density at radius 2 is 2.16 bits per heavy atom. The number of amides is 1. The van der Waals surface area contributed by atoms with Crippen LogP contribution in [0.3, 0.4) is 0 Å². The van der Waals surface area contributed by atoms with Crippen LogP contribution in [-0.4, -0.2) is 49.1 Å². The summed E-state index contributed by atoms with van der Waals surface area (Å²) < 4.78 is 0. The molecule has 19 heavy (non-hydrogen) atoms. The molecular weight excluding hydrogens is 238 g/mol. The van der Waals surface area contributed by atoms with E-state index < -0.39 is 0 Å².